The zero-order chi connectivity index (χ0) is 16.2. The molecule has 0 aliphatic rings. The molecule has 0 aliphatic carbocycles. The van der Waals surface area contributed by atoms with Crippen molar-refractivity contribution in [2.45, 2.75) is 19.5 Å². The van der Waals surface area contributed by atoms with Crippen LogP contribution in [0.5, 0.6) is 0 Å². The van der Waals surface area contributed by atoms with E-state index in [1.807, 2.05) is 66.1 Å². The first kappa shape index (κ1) is 15.0. The summed E-state index contributed by atoms with van der Waals surface area (Å²) < 4.78 is 1.81. The van der Waals surface area contributed by atoms with Gasteiger partial charge in [0.25, 0.3) is 0 Å². The molecule has 0 spiro atoms. The molecular formula is C19H18N2O2. The minimum atomic E-state index is -0.0837. The molecule has 0 bridgehead atoms. The van der Waals surface area contributed by atoms with Crippen LogP contribution in [0, 0.1) is 0 Å². The summed E-state index contributed by atoms with van der Waals surface area (Å²) in [6, 6.07) is 17.4. The lowest BCUT2D eigenvalue weighted by Crippen LogP contribution is -2.29. The van der Waals surface area contributed by atoms with E-state index >= 15 is 0 Å². The van der Waals surface area contributed by atoms with Crippen LogP contribution in [0.1, 0.15) is 28.9 Å². The van der Waals surface area contributed by atoms with Crippen LogP contribution in [-0.4, -0.2) is 16.8 Å². The van der Waals surface area contributed by atoms with Gasteiger partial charge in [-0.1, -0.05) is 48.5 Å². The molecule has 4 nitrogen and oxygen atoms in total. The number of carbonyl (C=O) groups is 2. The number of nitrogens with zero attached hydrogens (tertiary/aromatic N) is 1. The van der Waals surface area contributed by atoms with E-state index in [0.29, 0.717) is 5.56 Å². The van der Waals surface area contributed by atoms with Crippen LogP contribution in [0.3, 0.4) is 0 Å². The van der Waals surface area contributed by atoms with E-state index in [9.17, 15) is 9.59 Å². The number of rotatable bonds is 5. The number of benzene rings is 2. The van der Waals surface area contributed by atoms with Gasteiger partial charge in [-0.3, -0.25) is 9.59 Å². The number of hydrogen-bond donors (Lipinski definition) is 1. The summed E-state index contributed by atoms with van der Waals surface area (Å²) in [5.74, 6) is -0.0837. The highest BCUT2D eigenvalue weighted by molar-refractivity contribution is 5.98. The molecule has 23 heavy (non-hydrogen) atoms. The first-order valence-electron chi connectivity index (χ1n) is 7.56. The van der Waals surface area contributed by atoms with Crippen LogP contribution in [-0.2, 0) is 11.3 Å². The molecule has 1 amide bonds. The number of fused-ring (bicyclic) bond motifs is 1. The van der Waals surface area contributed by atoms with Crippen molar-refractivity contribution < 1.29 is 9.59 Å². The summed E-state index contributed by atoms with van der Waals surface area (Å²) in [5.41, 5.74) is 2.55. The van der Waals surface area contributed by atoms with Crippen molar-refractivity contribution >= 4 is 23.1 Å². The van der Waals surface area contributed by atoms with Gasteiger partial charge in [-0.05, 0) is 18.6 Å². The number of amides is 1. The molecule has 1 atom stereocenters. The fraction of sp³-hybridized carbons (Fsp3) is 0.158. The Balaban J connectivity index is 1.77. The highest BCUT2D eigenvalue weighted by atomic mass is 16.2. The molecule has 3 aromatic rings. The van der Waals surface area contributed by atoms with Gasteiger partial charge in [0.1, 0.15) is 6.54 Å². The van der Waals surface area contributed by atoms with Gasteiger partial charge in [0.2, 0.25) is 5.91 Å². The molecule has 1 aromatic heterocycles. The second-order valence-corrected chi connectivity index (χ2v) is 5.55. The van der Waals surface area contributed by atoms with Crippen LogP contribution >= 0.6 is 0 Å². The fourth-order valence-corrected chi connectivity index (χ4v) is 2.77. The Kier molecular flexibility index (Phi) is 4.24. The summed E-state index contributed by atoms with van der Waals surface area (Å²) in [5, 5.41) is 3.86. The predicted octanol–water partition coefficient (Wildman–Crippen LogP) is 3.33. The fourth-order valence-electron chi connectivity index (χ4n) is 2.77. The topological polar surface area (TPSA) is 51.1 Å². The van der Waals surface area contributed by atoms with Crippen molar-refractivity contribution in [3.63, 3.8) is 0 Å². The van der Waals surface area contributed by atoms with Crippen LogP contribution < -0.4 is 5.32 Å². The van der Waals surface area contributed by atoms with Gasteiger partial charge in [-0.2, -0.15) is 0 Å². The van der Waals surface area contributed by atoms with Crippen molar-refractivity contribution in [3.8, 4) is 0 Å². The average molecular weight is 306 g/mol. The number of aromatic nitrogens is 1. The number of hydrogen-bond acceptors (Lipinski definition) is 2. The van der Waals surface area contributed by atoms with Gasteiger partial charge in [0.05, 0.1) is 6.04 Å². The summed E-state index contributed by atoms with van der Waals surface area (Å²) in [7, 11) is 0. The molecule has 0 radical (unpaired) electrons. The van der Waals surface area contributed by atoms with Crippen LogP contribution in [0.25, 0.3) is 10.9 Å². The number of para-hydroxylation sites is 1. The smallest absolute Gasteiger partial charge is 0.240 e. The van der Waals surface area contributed by atoms with E-state index in [1.165, 1.54) is 0 Å². The zero-order valence-corrected chi connectivity index (χ0v) is 12.9. The van der Waals surface area contributed by atoms with E-state index < -0.39 is 0 Å². The molecule has 1 heterocycles. The molecular weight excluding hydrogens is 288 g/mol. The Bertz CT molecular complexity index is 837. The van der Waals surface area contributed by atoms with Crippen LogP contribution in [0.4, 0.5) is 0 Å². The van der Waals surface area contributed by atoms with Crippen LogP contribution in [0.15, 0.2) is 60.8 Å². The maximum Gasteiger partial charge on any atom is 0.240 e. The Labute approximate surface area is 134 Å². The van der Waals surface area contributed by atoms with Gasteiger partial charge < -0.3 is 9.88 Å². The second kappa shape index (κ2) is 6.48. The lowest BCUT2D eigenvalue weighted by atomic mass is 10.1. The van der Waals surface area contributed by atoms with E-state index in [0.717, 1.165) is 22.8 Å². The number of aldehydes is 1. The zero-order valence-electron chi connectivity index (χ0n) is 12.9. The Morgan fingerprint density at radius 3 is 2.57 bits per heavy atom. The quantitative estimate of drug-likeness (QED) is 0.735. The lowest BCUT2D eigenvalue weighted by Gasteiger charge is -2.15. The molecule has 0 saturated heterocycles. The van der Waals surface area contributed by atoms with Gasteiger partial charge in [-0.15, -0.1) is 0 Å². The first-order valence-corrected chi connectivity index (χ1v) is 7.56. The molecule has 116 valence electrons. The third kappa shape index (κ3) is 3.16. The summed E-state index contributed by atoms with van der Waals surface area (Å²) in [4.78, 5) is 23.5. The van der Waals surface area contributed by atoms with Crippen molar-refractivity contribution in [3.05, 3.63) is 71.9 Å². The molecule has 0 fully saturated rings. The molecule has 0 aliphatic heterocycles. The molecule has 4 heteroatoms. The molecule has 1 unspecified atom stereocenters. The maximum atomic E-state index is 12.3. The van der Waals surface area contributed by atoms with Gasteiger partial charge >= 0.3 is 0 Å². The minimum Gasteiger partial charge on any atom is -0.348 e. The Morgan fingerprint density at radius 1 is 1.13 bits per heavy atom. The standard InChI is InChI=1S/C19H18N2O2/c1-14(15-7-3-2-4-8-15)20-19(23)12-21-11-16(13-22)17-9-5-6-10-18(17)21/h2-11,13-14H,12H2,1H3,(H,20,23). The highest BCUT2D eigenvalue weighted by Gasteiger charge is 2.13. The van der Waals surface area contributed by atoms with E-state index in [1.54, 1.807) is 6.20 Å². The monoisotopic (exact) mass is 306 g/mol. The van der Waals surface area contributed by atoms with Crippen molar-refractivity contribution in [1.82, 2.24) is 9.88 Å². The minimum absolute atomic E-state index is 0.0592. The van der Waals surface area contributed by atoms with Crippen LogP contribution in [0.2, 0.25) is 0 Å². The summed E-state index contributed by atoms with van der Waals surface area (Å²) >= 11 is 0. The molecule has 0 saturated carbocycles. The largest absolute Gasteiger partial charge is 0.348 e. The van der Waals surface area contributed by atoms with Crippen molar-refractivity contribution in [2.75, 3.05) is 0 Å². The number of carbonyl (C=O) groups excluding carboxylic acids is 2. The Hall–Kier alpha value is -2.88. The predicted molar refractivity (Wildman–Crippen MR) is 90.3 cm³/mol. The third-order valence-corrected chi connectivity index (χ3v) is 3.94. The van der Waals surface area contributed by atoms with Gasteiger partial charge in [-0.25, -0.2) is 0 Å². The van der Waals surface area contributed by atoms with Gasteiger partial charge in [0.15, 0.2) is 6.29 Å². The maximum absolute atomic E-state index is 12.3. The average Bonchev–Trinajstić information content (AvgIpc) is 2.93. The van der Waals surface area contributed by atoms with E-state index in [2.05, 4.69) is 5.32 Å². The first-order chi connectivity index (χ1) is 11.2. The van der Waals surface area contributed by atoms with Gasteiger partial charge in [0, 0.05) is 22.7 Å². The summed E-state index contributed by atoms with van der Waals surface area (Å²) in [6.07, 6.45) is 2.55. The lowest BCUT2D eigenvalue weighted by molar-refractivity contribution is -0.122. The normalized spacial score (nSPS) is 12.0. The molecule has 2 aromatic carbocycles. The van der Waals surface area contributed by atoms with E-state index in [4.69, 9.17) is 0 Å². The highest BCUT2D eigenvalue weighted by Crippen LogP contribution is 2.20. The second-order valence-electron chi connectivity index (χ2n) is 5.55. The Morgan fingerprint density at radius 2 is 1.83 bits per heavy atom. The van der Waals surface area contributed by atoms with Crippen molar-refractivity contribution in [2.24, 2.45) is 0 Å². The SMILES string of the molecule is CC(NC(=O)Cn1cc(C=O)c2ccccc21)c1ccccc1. The third-order valence-electron chi connectivity index (χ3n) is 3.94. The molecule has 3 rings (SSSR count). The van der Waals surface area contributed by atoms with E-state index in [-0.39, 0.29) is 18.5 Å². The summed E-state index contributed by atoms with van der Waals surface area (Å²) in [6.45, 7) is 2.14. The molecule has 1 N–H and O–H groups in total. The van der Waals surface area contributed by atoms with Crippen molar-refractivity contribution in [1.29, 1.82) is 0 Å². The number of nitrogens with one attached hydrogen (secondary N) is 1.